The number of rotatable bonds is 7. The first-order chi connectivity index (χ1) is 10.1. The van der Waals surface area contributed by atoms with E-state index in [9.17, 15) is 9.59 Å². The topological polar surface area (TPSA) is 65.1 Å². The molecule has 1 rings (SSSR count). The minimum atomic E-state index is -0.0807. The molecule has 0 aromatic carbocycles. The molecule has 1 fully saturated rings. The average Bonchev–Trinajstić information content (AvgIpc) is 2.52. The summed E-state index contributed by atoms with van der Waals surface area (Å²) in [6, 6.07) is -0.0807. The Labute approximate surface area is 127 Å². The van der Waals surface area contributed by atoms with E-state index in [1.54, 1.807) is 12.0 Å². The van der Waals surface area contributed by atoms with Crippen LogP contribution in [0.3, 0.4) is 0 Å². The van der Waals surface area contributed by atoms with Crippen molar-refractivity contribution >= 4 is 11.9 Å². The molecule has 1 heterocycles. The summed E-state index contributed by atoms with van der Waals surface area (Å²) < 4.78 is 4.90. The number of methoxy groups -OCH3 is 1. The highest BCUT2D eigenvalue weighted by molar-refractivity contribution is 5.79. The van der Waals surface area contributed by atoms with Crippen molar-refractivity contribution < 1.29 is 14.3 Å². The zero-order chi connectivity index (χ0) is 15.7. The Balaban J connectivity index is 2.31. The van der Waals surface area contributed by atoms with E-state index >= 15 is 0 Å². The Kier molecular flexibility index (Phi) is 8.07. The van der Waals surface area contributed by atoms with Gasteiger partial charge in [0.25, 0.3) is 0 Å². The quantitative estimate of drug-likeness (QED) is 0.663. The van der Waals surface area contributed by atoms with E-state index in [-0.39, 0.29) is 11.9 Å². The van der Waals surface area contributed by atoms with Crippen molar-refractivity contribution in [3.63, 3.8) is 0 Å². The maximum atomic E-state index is 12.2. The molecule has 0 atom stereocenters. The maximum absolute atomic E-state index is 12.2. The van der Waals surface area contributed by atoms with E-state index in [0.29, 0.717) is 45.9 Å². The fourth-order valence-electron chi connectivity index (χ4n) is 2.27. The van der Waals surface area contributed by atoms with Crippen LogP contribution in [-0.2, 0) is 9.53 Å². The van der Waals surface area contributed by atoms with Crippen LogP contribution in [0.15, 0.2) is 0 Å². The molecule has 3 amide bonds. The highest BCUT2D eigenvalue weighted by atomic mass is 16.5. The molecule has 0 aromatic heterocycles. The molecule has 0 bridgehead atoms. The Hall–Kier alpha value is -1.34. The third-order valence-corrected chi connectivity index (χ3v) is 3.76. The number of ether oxygens (including phenoxy) is 1. The van der Waals surface area contributed by atoms with Gasteiger partial charge in [0.15, 0.2) is 0 Å². The van der Waals surface area contributed by atoms with Crippen molar-refractivity contribution in [2.45, 2.75) is 13.8 Å². The fourth-order valence-corrected chi connectivity index (χ4v) is 2.27. The van der Waals surface area contributed by atoms with Crippen molar-refractivity contribution in [3.8, 4) is 0 Å². The zero-order valence-electron chi connectivity index (χ0n) is 13.4. The van der Waals surface area contributed by atoms with E-state index in [1.807, 2.05) is 4.90 Å². The first-order valence-electron chi connectivity index (χ1n) is 7.64. The second-order valence-electron chi connectivity index (χ2n) is 5.05. The summed E-state index contributed by atoms with van der Waals surface area (Å²) in [5.41, 5.74) is 0. The van der Waals surface area contributed by atoms with E-state index in [2.05, 4.69) is 24.1 Å². The Morgan fingerprint density at radius 1 is 1.10 bits per heavy atom. The fraction of sp³-hybridized carbons (Fsp3) is 0.857. The van der Waals surface area contributed by atoms with Gasteiger partial charge in [0.2, 0.25) is 5.91 Å². The van der Waals surface area contributed by atoms with Gasteiger partial charge in [-0.25, -0.2) is 4.79 Å². The van der Waals surface area contributed by atoms with Crippen LogP contribution in [0.25, 0.3) is 0 Å². The molecular formula is C14H28N4O3. The molecule has 1 aliphatic heterocycles. The van der Waals surface area contributed by atoms with Gasteiger partial charge >= 0.3 is 6.03 Å². The standard InChI is InChI=1S/C14H28N4O3/c1-4-16(5-2)12-13(19)17-7-9-18(10-8-17)14(20)15-6-11-21-3/h4-12H2,1-3H3,(H,15,20). The van der Waals surface area contributed by atoms with Crippen LogP contribution >= 0.6 is 0 Å². The van der Waals surface area contributed by atoms with Crippen LogP contribution in [0, 0.1) is 0 Å². The number of piperazine rings is 1. The second kappa shape index (κ2) is 9.57. The highest BCUT2D eigenvalue weighted by Crippen LogP contribution is 2.03. The van der Waals surface area contributed by atoms with Gasteiger partial charge in [0.1, 0.15) is 0 Å². The molecule has 1 saturated heterocycles. The molecule has 1 N–H and O–H groups in total. The Morgan fingerprint density at radius 3 is 2.19 bits per heavy atom. The van der Waals surface area contributed by atoms with Crippen LogP contribution in [0.2, 0.25) is 0 Å². The number of nitrogens with one attached hydrogen (secondary N) is 1. The number of hydrogen-bond acceptors (Lipinski definition) is 4. The summed E-state index contributed by atoms with van der Waals surface area (Å²) in [6.45, 7) is 9.74. The second-order valence-corrected chi connectivity index (χ2v) is 5.05. The summed E-state index contributed by atoms with van der Waals surface area (Å²) in [5, 5.41) is 2.80. The van der Waals surface area contributed by atoms with Gasteiger partial charge in [0, 0.05) is 39.8 Å². The Bertz CT molecular complexity index is 326. The SMILES string of the molecule is CCN(CC)CC(=O)N1CCN(C(=O)NCCOC)CC1. The smallest absolute Gasteiger partial charge is 0.317 e. The van der Waals surface area contributed by atoms with Crippen LogP contribution in [0.4, 0.5) is 4.79 Å². The normalized spacial score (nSPS) is 15.4. The number of urea groups is 1. The molecule has 0 unspecified atom stereocenters. The molecular weight excluding hydrogens is 272 g/mol. The molecule has 0 aliphatic carbocycles. The molecule has 0 saturated carbocycles. The summed E-state index contributed by atoms with van der Waals surface area (Å²) in [7, 11) is 1.60. The molecule has 0 radical (unpaired) electrons. The predicted octanol–water partition coefficient (Wildman–Crippen LogP) is -0.172. The molecule has 0 spiro atoms. The van der Waals surface area contributed by atoms with E-state index in [0.717, 1.165) is 13.1 Å². The van der Waals surface area contributed by atoms with Gasteiger partial charge in [-0.1, -0.05) is 13.8 Å². The number of carbonyl (C=O) groups is 2. The monoisotopic (exact) mass is 300 g/mol. The summed E-state index contributed by atoms with van der Waals surface area (Å²) in [6.07, 6.45) is 0. The van der Waals surface area contributed by atoms with Crippen molar-refractivity contribution in [1.29, 1.82) is 0 Å². The minimum absolute atomic E-state index is 0.0807. The molecule has 7 heteroatoms. The number of amides is 3. The van der Waals surface area contributed by atoms with E-state index in [1.165, 1.54) is 0 Å². The number of hydrogen-bond donors (Lipinski definition) is 1. The van der Waals surface area contributed by atoms with Crippen LogP contribution in [0.5, 0.6) is 0 Å². The molecule has 1 aliphatic rings. The lowest BCUT2D eigenvalue weighted by Gasteiger charge is -2.35. The lowest BCUT2D eigenvalue weighted by Crippen LogP contribution is -2.54. The van der Waals surface area contributed by atoms with Crippen molar-refractivity contribution in [3.05, 3.63) is 0 Å². The maximum Gasteiger partial charge on any atom is 0.317 e. The van der Waals surface area contributed by atoms with Crippen LogP contribution in [-0.4, -0.2) is 92.7 Å². The third-order valence-electron chi connectivity index (χ3n) is 3.76. The highest BCUT2D eigenvalue weighted by Gasteiger charge is 2.24. The lowest BCUT2D eigenvalue weighted by molar-refractivity contribution is -0.133. The van der Waals surface area contributed by atoms with Gasteiger partial charge in [-0.15, -0.1) is 0 Å². The largest absolute Gasteiger partial charge is 0.383 e. The molecule has 7 nitrogen and oxygen atoms in total. The summed E-state index contributed by atoms with van der Waals surface area (Å²) in [5.74, 6) is 0.151. The van der Waals surface area contributed by atoms with Crippen LogP contribution < -0.4 is 5.32 Å². The van der Waals surface area contributed by atoms with Crippen molar-refractivity contribution in [2.75, 3.05) is 66.1 Å². The zero-order valence-corrected chi connectivity index (χ0v) is 13.4. The van der Waals surface area contributed by atoms with Gasteiger partial charge in [0.05, 0.1) is 13.2 Å². The van der Waals surface area contributed by atoms with Crippen LogP contribution in [0.1, 0.15) is 13.8 Å². The van der Waals surface area contributed by atoms with E-state index in [4.69, 9.17) is 4.74 Å². The number of carbonyl (C=O) groups excluding carboxylic acids is 2. The van der Waals surface area contributed by atoms with Crippen molar-refractivity contribution in [2.24, 2.45) is 0 Å². The minimum Gasteiger partial charge on any atom is -0.383 e. The number of likely N-dealkylation sites (N-methyl/N-ethyl adjacent to an activating group) is 1. The molecule has 122 valence electrons. The van der Waals surface area contributed by atoms with Gasteiger partial charge in [-0.05, 0) is 13.1 Å². The number of nitrogens with zero attached hydrogens (tertiary/aromatic N) is 3. The van der Waals surface area contributed by atoms with E-state index < -0.39 is 0 Å². The molecule has 21 heavy (non-hydrogen) atoms. The third kappa shape index (κ3) is 5.89. The summed E-state index contributed by atoms with van der Waals surface area (Å²) >= 11 is 0. The van der Waals surface area contributed by atoms with Crippen molar-refractivity contribution in [1.82, 2.24) is 20.0 Å². The predicted molar refractivity (Wildman–Crippen MR) is 81.2 cm³/mol. The lowest BCUT2D eigenvalue weighted by atomic mass is 10.3. The van der Waals surface area contributed by atoms with Gasteiger partial charge < -0.3 is 19.9 Å². The van der Waals surface area contributed by atoms with Gasteiger partial charge in [-0.3, -0.25) is 9.69 Å². The first-order valence-corrected chi connectivity index (χ1v) is 7.64. The molecule has 0 aromatic rings. The average molecular weight is 300 g/mol. The summed E-state index contributed by atoms with van der Waals surface area (Å²) in [4.78, 5) is 29.7. The first kappa shape index (κ1) is 17.7. The Morgan fingerprint density at radius 2 is 1.67 bits per heavy atom. The van der Waals surface area contributed by atoms with Gasteiger partial charge in [-0.2, -0.15) is 0 Å².